The van der Waals surface area contributed by atoms with Crippen LogP contribution in [0.15, 0.2) is 0 Å². The number of nitrogens with two attached hydrogens (primary N) is 1. The fraction of sp³-hybridized carbons (Fsp3) is 0.667. The van der Waals surface area contributed by atoms with E-state index in [1.165, 1.54) is 4.90 Å². The average molecular weight is 157 g/mol. The first-order chi connectivity index (χ1) is 5.04. The van der Waals surface area contributed by atoms with Crippen LogP contribution < -0.4 is 5.84 Å². The van der Waals surface area contributed by atoms with Crippen molar-refractivity contribution in [2.45, 2.75) is 19.9 Å². The van der Waals surface area contributed by atoms with Gasteiger partial charge in [-0.1, -0.05) is 0 Å². The van der Waals surface area contributed by atoms with Crippen LogP contribution >= 0.6 is 0 Å². The number of amides is 3. The van der Waals surface area contributed by atoms with Crippen molar-refractivity contribution in [1.29, 1.82) is 0 Å². The molecule has 0 aromatic carbocycles. The van der Waals surface area contributed by atoms with E-state index in [1.54, 1.807) is 0 Å². The van der Waals surface area contributed by atoms with Gasteiger partial charge in [-0.25, -0.2) is 10.6 Å². The van der Waals surface area contributed by atoms with Crippen LogP contribution in [0.5, 0.6) is 0 Å². The first-order valence-corrected chi connectivity index (χ1v) is 3.42. The Morgan fingerprint density at radius 1 is 1.45 bits per heavy atom. The number of carbonyl (C=O) groups excluding carboxylic acids is 2. The summed E-state index contributed by atoms with van der Waals surface area (Å²) in [6.07, 6.45) is 0. The highest BCUT2D eigenvalue weighted by molar-refractivity contribution is 6.01. The number of urea groups is 1. The number of imide groups is 1. The Morgan fingerprint density at radius 2 is 2.00 bits per heavy atom. The molecule has 0 saturated carbocycles. The molecule has 3 amide bonds. The minimum absolute atomic E-state index is 0.0278. The molecule has 0 aromatic rings. The van der Waals surface area contributed by atoms with Crippen LogP contribution in [-0.4, -0.2) is 34.4 Å². The van der Waals surface area contributed by atoms with Crippen molar-refractivity contribution >= 4 is 11.9 Å². The minimum Gasteiger partial charge on any atom is -0.311 e. The van der Waals surface area contributed by atoms with E-state index in [2.05, 4.69) is 0 Å². The van der Waals surface area contributed by atoms with E-state index in [9.17, 15) is 9.59 Å². The topological polar surface area (TPSA) is 66.6 Å². The van der Waals surface area contributed by atoms with Gasteiger partial charge in [-0.2, -0.15) is 5.01 Å². The summed E-state index contributed by atoms with van der Waals surface area (Å²) in [7, 11) is 0. The SMILES string of the molecule is CC(C)N1CC(=O)N(N)C1=O. The maximum Gasteiger partial charge on any atom is 0.342 e. The molecule has 1 saturated heterocycles. The van der Waals surface area contributed by atoms with E-state index in [1.807, 2.05) is 13.8 Å². The van der Waals surface area contributed by atoms with Crippen molar-refractivity contribution in [3.05, 3.63) is 0 Å². The molecule has 1 heterocycles. The third-order valence-electron chi connectivity index (χ3n) is 1.65. The Hall–Kier alpha value is -1.10. The first kappa shape index (κ1) is 8.00. The average Bonchev–Trinajstić information content (AvgIpc) is 2.17. The van der Waals surface area contributed by atoms with E-state index < -0.39 is 6.03 Å². The molecule has 0 radical (unpaired) electrons. The molecular formula is C6H11N3O2. The summed E-state index contributed by atoms with van der Waals surface area (Å²) >= 11 is 0. The maximum atomic E-state index is 11.1. The fourth-order valence-electron chi connectivity index (χ4n) is 0.938. The number of hydrazine groups is 1. The predicted octanol–water partition coefficient (Wildman–Crippen LogP) is -0.467. The summed E-state index contributed by atoms with van der Waals surface area (Å²) in [5, 5.41) is 0.653. The minimum atomic E-state index is -0.412. The number of nitrogens with zero attached hydrogens (tertiary/aromatic N) is 2. The van der Waals surface area contributed by atoms with Crippen molar-refractivity contribution in [2.24, 2.45) is 5.84 Å². The van der Waals surface area contributed by atoms with Gasteiger partial charge in [0.25, 0.3) is 5.91 Å². The molecule has 5 nitrogen and oxygen atoms in total. The standard InChI is InChI=1S/C6H11N3O2/c1-4(2)8-3-5(10)9(7)6(8)11/h4H,3,7H2,1-2H3. The van der Waals surface area contributed by atoms with Crippen molar-refractivity contribution in [1.82, 2.24) is 9.91 Å². The second-order valence-electron chi connectivity index (χ2n) is 2.77. The second kappa shape index (κ2) is 2.50. The van der Waals surface area contributed by atoms with Gasteiger partial charge in [0.2, 0.25) is 0 Å². The van der Waals surface area contributed by atoms with Crippen LogP contribution in [0.2, 0.25) is 0 Å². The molecule has 0 bridgehead atoms. The van der Waals surface area contributed by atoms with E-state index in [0.29, 0.717) is 5.01 Å². The monoisotopic (exact) mass is 157 g/mol. The van der Waals surface area contributed by atoms with Gasteiger partial charge in [-0.3, -0.25) is 4.79 Å². The maximum absolute atomic E-state index is 11.1. The zero-order chi connectivity index (χ0) is 8.59. The number of rotatable bonds is 1. The second-order valence-corrected chi connectivity index (χ2v) is 2.77. The summed E-state index contributed by atoms with van der Waals surface area (Å²) in [5.74, 6) is 4.80. The molecular weight excluding hydrogens is 146 g/mol. The van der Waals surface area contributed by atoms with Gasteiger partial charge in [0.05, 0.1) is 0 Å². The zero-order valence-corrected chi connectivity index (χ0v) is 6.57. The van der Waals surface area contributed by atoms with Crippen molar-refractivity contribution in [3.63, 3.8) is 0 Å². The summed E-state index contributed by atoms with van der Waals surface area (Å²) in [4.78, 5) is 23.3. The van der Waals surface area contributed by atoms with Gasteiger partial charge in [0.15, 0.2) is 0 Å². The molecule has 0 unspecified atom stereocenters. The fourth-order valence-corrected chi connectivity index (χ4v) is 0.938. The van der Waals surface area contributed by atoms with Crippen LogP contribution in [0.4, 0.5) is 4.79 Å². The molecule has 0 spiro atoms. The predicted molar refractivity (Wildman–Crippen MR) is 38.3 cm³/mol. The van der Waals surface area contributed by atoms with Crippen LogP contribution in [0, 0.1) is 0 Å². The van der Waals surface area contributed by atoms with E-state index in [-0.39, 0.29) is 18.5 Å². The lowest BCUT2D eigenvalue weighted by atomic mass is 10.3. The van der Waals surface area contributed by atoms with Gasteiger partial charge >= 0.3 is 6.03 Å². The van der Waals surface area contributed by atoms with Crippen molar-refractivity contribution in [2.75, 3.05) is 6.54 Å². The highest BCUT2D eigenvalue weighted by Gasteiger charge is 2.35. The molecule has 0 aromatic heterocycles. The van der Waals surface area contributed by atoms with Gasteiger partial charge in [0, 0.05) is 6.04 Å². The summed E-state index contributed by atoms with van der Waals surface area (Å²) in [5.41, 5.74) is 0. The van der Waals surface area contributed by atoms with Crippen LogP contribution in [-0.2, 0) is 4.79 Å². The third kappa shape index (κ3) is 1.19. The van der Waals surface area contributed by atoms with E-state index in [0.717, 1.165) is 0 Å². The molecule has 62 valence electrons. The lowest BCUT2D eigenvalue weighted by molar-refractivity contribution is -0.125. The number of carbonyl (C=O) groups is 2. The molecule has 1 rings (SSSR count). The Balaban J connectivity index is 2.75. The van der Waals surface area contributed by atoms with Crippen LogP contribution in [0.1, 0.15) is 13.8 Å². The van der Waals surface area contributed by atoms with Crippen molar-refractivity contribution in [3.8, 4) is 0 Å². The summed E-state index contributed by atoms with van der Waals surface area (Å²) in [6.45, 7) is 3.78. The Kier molecular flexibility index (Phi) is 1.82. The normalized spacial score (nSPS) is 18.9. The van der Waals surface area contributed by atoms with Gasteiger partial charge in [-0.05, 0) is 13.8 Å². The lowest BCUT2D eigenvalue weighted by Crippen LogP contribution is -2.40. The summed E-state index contributed by atoms with van der Waals surface area (Å²) < 4.78 is 0. The molecule has 1 fully saturated rings. The number of hydrogen-bond donors (Lipinski definition) is 1. The van der Waals surface area contributed by atoms with Gasteiger partial charge in [-0.15, -0.1) is 0 Å². The largest absolute Gasteiger partial charge is 0.342 e. The smallest absolute Gasteiger partial charge is 0.311 e. The Labute approximate surface area is 64.7 Å². The highest BCUT2D eigenvalue weighted by Crippen LogP contribution is 2.09. The molecule has 11 heavy (non-hydrogen) atoms. The highest BCUT2D eigenvalue weighted by atomic mass is 16.2. The van der Waals surface area contributed by atoms with E-state index >= 15 is 0 Å². The van der Waals surface area contributed by atoms with Crippen LogP contribution in [0.3, 0.4) is 0 Å². The Bertz CT molecular complexity index is 202. The van der Waals surface area contributed by atoms with Gasteiger partial charge in [0.1, 0.15) is 6.54 Å². The molecule has 1 aliphatic rings. The molecule has 0 atom stereocenters. The summed E-state index contributed by atoms with van der Waals surface area (Å²) in [6, 6.07) is -0.384. The van der Waals surface area contributed by atoms with Crippen LogP contribution in [0.25, 0.3) is 0 Å². The lowest BCUT2D eigenvalue weighted by Gasteiger charge is -2.17. The molecule has 1 aliphatic heterocycles. The van der Waals surface area contributed by atoms with E-state index in [4.69, 9.17) is 5.84 Å². The Morgan fingerprint density at radius 3 is 2.18 bits per heavy atom. The molecule has 5 heteroatoms. The zero-order valence-electron chi connectivity index (χ0n) is 6.57. The van der Waals surface area contributed by atoms with Crippen molar-refractivity contribution < 1.29 is 9.59 Å². The van der Waals surface area contributed by atoms with Gasteiger partial charge < -0.3 is 4.90 Å². The number of hydrogen-bond acceptors (Lipinski definition) is 3. The third-order valence-corrected chi connectivity index (χ3v) is 1.65. The first-order valence-electron chi connectivity index (χ1n) is 3.42. The molecule has 0 aliphatic carbocycles. The quantitative estimate of drug-likeness (QED) is 0.318. The molecule has 2 N–H and O–H groups in total.